The molecule has 3 rings (SSSR count). The van der Waals surface area contributed by atoms with Gasteiger partial charge in [0, 0.05) is 58.4 Å². The zero-order chi connectivity index (χ0) is 28.5. The number of ether oxygens (including phenoxy) is 2. The Bertz CT molecular complexity index is 933. The van der Waals surface area contributed by atoms with E-state index in [0.29, 0.717) is 31.0 Å². The molecule has 0 radical (unpaired) electrons. The zero-order valence-corrected chi connectivity index (χ0v) is 25.0. The maximum Gasteiger partial charge on any atom is 0.258 e. The molecule has 0 saturated heterocycles. The van der Waals surface area contributed by atoms with Crippen molar-refractivity contribution in [2.45, 2.75) is 90.4 Å². The molecule has 1 aliphatic heterocycles. The van der Waals surface area contributed by atoms with Gasteiger partial charge in [-0.05, 0) is 64.2 Å². The Balaban J connectivity index is 1.89. The molecule has 39 heavy (non-hydrogen) atoms. The number of aliphatic hydroxyl groups excluding tert-OH is 1. The second-order valence-corrected chi connectivity index (χ2v) is 11.9. The summed E-state index contributed by atoms with van der Waals surface area (Å²) in [5.74, 6) is 0.666. The summed E-state index contributed by atoms with van der Waals surface area (Å²) in [5.41, 5.74) is 1.41. The van der Waals surface area contributed by atoms with Gasteiger partial charge in [0.2, 0.25) is 5.91 Å². The normalized spacial score (nSPS) is 24.7. The number of carbonyl (C=O) groups is 2. The van der Waals surface area contributed by atoms with Crippen LogP contribution in [-0.2, 0) is 9.53 Å². The number of amides is 2. The molecule has 0 aromatic heterocycles. The average molecular weight is 546 g/mol. The average Bonchev–Trinajstić information content (AvgIpc) is 2.93. The largest absolute Gasteiger partial charge is 0.490 e. The number of benzene rings is 1. The van der Waals surface area contributed by atoms with Gasteiger partial charge >= 0.3 is 0 Å². The van der Waals surface area contributed by atoms with Gasteiger partial charge in [-0.1, -0.05) is 26.2 Å². The lowest BCUT2D eigenvalue weighted by Crippen LogP contribution is -2.48. The Morgan fingerprint density at radius 3 is 2.44 bits per heavy atom. The summed E-state index contributed by atoms with van der Waals surface area (Å²) in [6, 6.07) is 5.34. The van der Waals surface area contributed by atoms with Gasteiger partial charge in [-0.3, -0.25) is 9.59 Å². The van der Waals surface area contributed by atoms with Crippen molar-refractivity contribution in [2.24, 2.45) is 11.8 Å². The monoisotopic (exact) mass is 545 g/mol. The summed E-state index contributed by atoms with van der Waals surface area (Å²) < 4.78 is 12.7. The van der Waals surface area contributed by atoms with Crippen LogP contribution in [-0.4, -0.2) is 92.4 Å². The zero-order valence-electron chi connectivity index (χ0n) is 25.0. The van der Waals surface area contributed by atoms with Crippen LogP contribution < -0.4 is 9.64 Å². The molecule has 2 aliphatic rings. The molecule has 0 spiro atoms. The Kier molecular flexibility index (Phi) is 11.9. The number of hydrogen-bond acceptors (Lipinski definition) is 6. The van der Waals surface area contributed by atoms with Crippen molar-refractivity contribution in [3.63, 3.8) is 0 Å². The van der Waals surface area contributed by atoms with Gasteiger partial charge in [0.15, 0.2) is 0 Å². The van der Waals surface area contributed by atoms with Crippen molar-refractivity contribution in [3.8, 4) is 5.75 Å². The number of aliphatic hydroxyl groups is 1. The quantitative estimate of drug-likeness (QED) is 0.563. The van der Waals surface area contributed by atoms with Crippen LogP contribution in [0.5, 0.6) is 5.75 Å². The highest BCUT2D eigenvalue weighted by Crippen LogP contribution is 2.30. The van der Waals surface area contributed by atoms with E-state index in [2.05, 4.69) is 6.92 Å². The van der Waals surface area contributed by atoms with E-state index >= 15 is 0 Å². The number of nitrogens with zero attached hydrogens (tertiary/aromatic N) is 3. The molecule has 0 unspecified atom stereocenters. The number of hydrogen-bond donors (Lipinski definition) is 1. The van der Waals surface area contributed by atoms with Gasteiger partial charge in [-0.2, -0.15) is 0 Å². The molecular formula is C31H51N3O5. The summed E-state index contributed by atoms with van der Waals surface area (Å²) in [7, 11) is 5.78. The van der Waals surface area contributed by atoms with Gasteiger partial charge in [0.1, 0.15) is 5.75 Å². The summed E-state index contributed by atoms with van der Waals surface area (Å²) in [4.78, 5) is 32.9. The number of rotatable bonds is 6. The Morgan fingerprint density at radius 1 is 1.08 bits per heavy atom. The van der Waals surface area contributed by atoms with Crippen LogP contribution in [0.3, 0.4) is 0 Å². The predicted molar refractivity (Wildman–Crippen MR) is 155 cm³/mol. The van der Waals surface area contributed by atoms with Crippen LogP contribution in [0.15, 0.2) is 18.2 Å². The minimum absolute atomic E-state index is 0.0483. The first kappa shape index (κ1) is 31.2. The maximum absolute atomic E-state index is 14.1. The predicted octanol–water partition coefficient (Wildman–Crippen LogP) is 4.59. The molecule has 4 atom stereocenters. The molecule has 1 aromatic rings. The fourth-order valence-electron chi connectivity index (χ4n) is 5.67. The molecule has 1 fully saturated rings. The van der Waals surface area contributed by atoms with E-state index in [9.17, 15) is 14.7 Å². The third-order valence-electron chi connectivity index (χ3n) is 8.34. The maximum atomic E-state index is 14.1. The van der Waals surface area contributed by atoms with Crippen LogP contribution in [0.4, 0.5) is 5.69 Å². The third-order valence-corrected chi connectivity index (χ3v) is 8.34. The highest BCUT2D eigenvalue weighted by molar-refractivity contribution is 5.98. The molecule has 0 bridgehead atoms. The Hall–Kier alpha value is -2.32. The van der Waals surface area contributed by atoms with Crippen LogP contribution >= 0.6 is 0 Å². The molecule has 1 saturated carbocycles. The van der Waals surface area contributed by atoms with Crippen LogP contribution in [0.2, 0.25) is 0 Å². The fourth-order valence-corrected chi connectivity index (χ4v) is 5.67. The molecule has 1 aromatic carbocycles. The van der Waals surface area contributed by atoms with Gasteiger partial charge in [0.05, 0.1) is 30.4 Å². The highest BCUT2D eigenvalue weighted by Gasteiger charge is 2.32. The molecule has 8 heteroatoms. The molecule has 220 valence electrons. The number of carbonyl (C=O) groups excluding carboxylic acids is 2. The topological polar surface area (TPSA) is 82.6 Å². The number of likely N-dealkylation sites (N-methyl/N-ethyl adjacent to an activating group) is 1. The second-order valence-electron chi connectivity index (χ2n) is 11.9. The Labute approximate surface area is 235 Å². The van der Waals surface area contributed by atoms with Gasteiger partial charge in [0.25, 0.3) is 5.91 Å². The lowest BCUT2D eigenvalue weighted by Gasteiger charge is -2.36. The van der Waals surface area contributed by atoms with Gasteiger partial charge in [-0.15, -0.1) is 0 Å². The smallest absolute Gasteiger partial charge is 0.258 e. The summed E-state index contributed by atoms with van der Waals surface area (Å²) in [6.07, 6.45) is 7.83. The van der Waals surface area contributed by atoms with Crippen LogP contribution in [0.25, 0.3) is 0 Å². The van der Waals surface area contributed by atoms with Crippen LogP contribution in [0.1, 0.15) is 82.5 Å². The molecule has 2 amide bonds. The van der Waals surface area contributed by atoms with E-state index in [4.69, 9.17) is 9.47 Å². The molecular weight excluding hydrogens is 494 g/mol. The number of fused-ring (bicyclic) bond motifs is 1. The van der Waals surface area contributed by atoms with Crippen molar-refractivity contribution in [1.29, 1.82) is 0 Å². The molecule has 1 heterocycles. The lowest BCUT2D eigenvalue weighted by molar-refractivity contribution is -0.137. The SMILES string of the molecule is C[C@@H]1CN([C@H](C)CO)C(=O)c2cc(N(C)C)ccc2O[C@@H](C)CCCCO[C@H]1CN(C)C(=O)C1CCCCC1. The summed E-state index contributed by atoms with van der Waals surface area (Å²) in [5, 5.41) is 10.1. The standard InChI is InChI=1S/C31H51N3O5/c1-22-19-34(23(2)21-35)31(37)27-18-26(32(4)5)15-16-28(27)39-24(3)12-10-11-17-38-29(22)20-33(6)30(36)25-13-8-7-9-14-25/h15-16,18,22-25,29,35H,7-14,17,19-21H2,1-6H3/t22-,23-,24+,29+/m1/s1. The van der Waals surface area contributed by atoms with E-state index in [0.717, 1.165) is 50.6 Å². The van der Waals surface area contributed by atoms with E-state index in [-0.39, 0.29) is 48.5 Å². The van der Waals surface area contributed by atoms with Crippen molar-refractivity contribution in [3.05, 3.63) is 23.8 Å². The minimum Gasteiger partial charge on any atom is -0.490 e. The highest BCUT2D eigenvalue weighted by atomic mass is 16.5. The summed E-state index contributed by atoms with van der Waals surface area (Å²) >= 11 is 0. The lowest BCUT2D eigenvalue weighted by atomic mass is 9.88. The van der Waals surface area contributed by atoms with Crippen molar-refractivity contribution in [2.75, 3.05) is 52.3 Å². The van der Waals surface area contributed by atoms with E-state index < -0.39 is 0 Å². The molecule has 1 N–H and O–H groups in total. The first-order valence-corrected chi connectivity index (χ1v) is 14.9. The first-order valence-electron chi connectivity index (χ1n) is 14.9. The summed E-state index contributed by atoms with van der Waals surface area (Å²) in [6.45, 7) is 7.32. The molecule has 1 aliphatic carbocycles. The van der Waals surface area contributed by atoms with E-state index in [1.165, 1.54) is 6.42 Å². The number of anilines is 1. The van der Waals surface area contributed by atoms with Gasteiger partial charge < -0.3 is 29.3 Å². The Morgan fingerprint density at radius 2 is 1.77 bits per heavy atom. The van der Waals surface area contributed by atoms with Crippen molar-refractivity contribution in [1.82, 2.24) is 9.80 Å². The fraction of sp³-hybridized carbons (Fsp3) is 0.742. The van der Waals surface area contributed by atoms with Crippen molar-refractivity contribution < 1.29 is 24.2 Å². The van der Waals surface area contributed by atoms with E-state index in [1.807, 2.05) is 63.0 Å². The van der Waals surface area contributed by atoms with Gasteiger partial charge in [-0.25, -0.2) is 0 Å². The second kappa shape index (κ2) is 14.9. The van der Waals surface area contributed by atoms with Crippen LogP contribution in [0, 0.1) is 11.8 Å². The first-order chi connectivity index (χ1) is 18.6. The van der Waals surface area contributed by atoms with E-state index in [1.54, 1.807) is 4.90 Å². The van der Waals surface area contributed by atoms with Crippen molar-refractivity contribution >= 4 is 17.5 Å². The minimum atomic E-state index is -0.386. The molecule has 8 nitrogen and oxygen atoms in total. The third kappa shape index (κ3) is 8.58.